The molecule has 0 bridgehead atoms. The zero-order valence-electron chi connectivity index (χ0n) is 12.7. The smallest absolute Gasteiger partial charge is 0.255 e. The van der Waals surface area contributed by atoms with Crippen LogP contribution < -0.4 is 5.32 Å². The van der Waals surface area contributed by atoms with E-state index in [-0.39, 0.29) is 11.9 Å². The van der Waals surface area contributed by atoms with Crippen molar-refractivity contribution in [1.29, 1.82) is 0 Å². The van der Waals surface area contributed by atoms with Crippen LogP contribution >= 0.6 is 0 Å². The Morgan fingerprint density at radius 1 is 1.52 bits per heavy atom. The molecule has 2 aromatic rings. The maximum atomic E-state index is 12.3. The predicted octanol–water partition coefficient (Wildman–Crippen LogP) is 1.63. The van der Waals surface area contributed by atoms with Crippen LogP contribution in [0.3, 0.4) is 0 Å². The first-order valence-corrected chi connectivity index (χ1v) is 6.77. The third-order valence-electron chi connectivity index (χ3n) is 3.20. The van der Waals surface area contributed by atoms with Crippen LogP contribution in [0.25, 0.3) is 0 Å². The molecule has 0 saturated carbocycles. The van der Waals surface area contributed by atoms with Crippen LogP contribution in [0.4, 0.5) is 0 Å². The highest BCUT2D eigenvalue weighted by molar-refractivity contribution is 5.95. The summed E-state index contributed by atoms with van der Waals surface area (Å²) in [5.41, 5.74) is 0.544. The van der Waals surface area contributed by atoms with E-state index in [1.54, 1.807) is 26.4 Å². The summed E-state index contributed by atoms with van der Waals surface area (Å²) < 4.78 is 12.3. The second-order valence-corrected chi connectivity index (χ2v) is 4.90. The van der Waals surface area contributed by atoms with Gasteiger partial charge in [-0.2, -0.15) is 0 Å². The number of methoxy groups -OCH3 is 1. The summed E-state index contributed by atoms with van der Waals surface area (Å²) in [5, 5.41) is 10.9. The maximum Gasteiger partial charge on any atom is 0.255 e. The van der Waals surface area contributed by atoms with Crippen molar-refractivity contribution in [2.45, 2.75) is 33.4 Å². The molecule has 2 heterocycles. The Kier molecular flexibility index (Phi) is 4.74. The quantitative estimate of drug-likeness (QED) is 0.875. The van der Waals surface area contributed by atoms with Crippen molar-refractivity contribution in [3.8, 4) is 0 Å². The molecule has 7 heteroatoms. The molecule has 1 atom stereocenters. The molecule has 1 unspecified atom stereocenters. The van der Waals surface area contributed by atoms with Crippen LogP contribution in [0.5, 0.6) is 0 Å². The number of ether oxygens (including phenoxy) is 1. The van der Waals surface area contributed by atoms with Crippen LogP contribution in [0.2, 0.25) is 0 Å². The Morgan fingerprint density at radius 3 is 2.90 bits per heavy atom. The second kappa shape index (κ2) is 6.53. The topological polar surface area (TPSA) is 82.2 Å². The zero-order chi connectivity index (χ0) is 15.4. The zero-order valence-corrected chi connectivity index (χ0v) is 12.7. The highest BCUT2D eigenvalue weighted by atomic mass is 16.5. The molecule has 0 spiro atoms. The Hall–Kier alpha value is -2.15. The van der Waals surface area contributed by atoms with Gasteiger partial charge in [-0.05, 0) is 26.8 Å². The number of aryl methyl sites for hydroxylation is 2. The van der Waals surface area contributed by atoms with Crippen molar-refractivity contribution in [2.24, 2.45) is 0 Å². The van der Waals surface area contributed by atoms with Gasteiger partial charge in [0, 0.05) is 13.7 Å². The Morgan fingerprint density at radius 2 is 2.29 bits per heavy atom. The Bertz CT molecular complexity index is 618. The van der Waals surface area contributed by atoms with Gasteiger partial charge in [-0.15, -0.1) is 10.2 Å². The molecule has 114 valence electrons. The van der Waals surface area contributed by atoms with Crippen molar-refractivity contribution in [3.63, 3.8) is 0 Å². The molecule has 1 N–H and O–H groups in total. The molecule has 0 aromatic carbocycles. The molecule has 7 nitrogen and oxygen atoms in total. The number of carbonyl (C=O) groups excluding carboxylic acids is 1. The van der Waals surface area contributed by atoms with E-state index in [4.69, 9.17) is 9.15 Å². The maximum absolute atomic E-state index is 12.3. The second-order valence-electron chi connectivity index (χ2n) is 4.90. The van der Waals surface area contributed by atoms with Gasteiger partial charge in [0.2, 0.25) is 0 Å². The van der Waals surface area contributed by atoms with Gasteiger partial charge in [0.05, 0.1) is 18.2 Å². The summed E-state index contributed by atoms with van der Waals surface area (Å²) in [7, 11) is 1.64. The van der Waals surface area contributed by atoms with Gasteiger partial charge in [0.1, 0.15) is 17.8 Å². The number of carbonyl (C=O) groups is 1. The minimum atomic E-state index is -0.258. The molecule has 0 aliphatic carbocycles. The lowest BCUT2D eigenvalue weighted by molar-refractivity contribution is 0.0935. The summed E-state index contributed by atoms with van der Waals surface area (Å²) >= 11 is 0. The third kappa shape index (κ3) is 3.49. The predicted molar refractivity (Wildman–Crippen MR) is 76.0 cm³/mol. The molecular weight excluding hydrogens is 272 g/mol. The van der Waals surface area contributed by atoms with Gasteiger partial charge in [-0.25, -0.2) is 0 Å². The van der Waals surface area contributed by atoms with E-state index in [2.05, 4.69) is 15.5 Å². The van der Waals surface area contributed by atoms with Crippen molar-refractivity contribution in [1.82, 2.24) is 20.1 Å². The summed E-state index contributed by atoms with van der Waals surface area (Å²) in [5.74, 6) is 1.84. The lowest BCUT2D eigenvalue weighted by atomic mass is 10.2. The minimum Gasteiger partial charge on any atom is -0.466 e. The lowest BCUT2D eigenvalue weighted by Crippen LogP contribution is -2.29. The summed E-state index contributed by atoms with van der Waals surface area (Å²) in [6.45, 7) is 6.66. The number of rotatable bonds is 6. The largest absolute Gasteiger partial charge is 0.466 e. The summed E-state index contributed by atoms with van der Waals surface area (Å²) in [6.07, 6.45) is 1.63. The van der Waals surface area contributed by atoms with Crippen LogP contribution in [0.15, 0.2) is 16.8 Å². The molecule has 0 saturated heterocycles. The monoisotopic (exact) mass is 292 g/mol. The number of nitrogens with zero attached hydrogens (tertiary/aromatic N) is 3. The van der Waals surface area contributed by atoms with Crippen LogP contribution in [0.1, 0.15) is 40.7 Å². The Labute approximate surface area is 123 Å². The molecule has 0 fully saturated rings. The molecule has 0 radical (unpaired) electrons. The van der Waals surface area contributed by atoms with Crippen molar-refractivity contribution >= 4 is 5.91 Å². The van der Waals surface area contributed by atoms with Gasteiger partial charge in [-0.3, -0.25) is 4.79 Å². The SMILES string of the molecule is COCCn1cnnc1C(C)NC(=O)c1cc(C)oc1C. The highest BCUT2D eigenvalue weighted by Gasteiger charge is 2.19. The fourth-order valence-corrected chi connectivity index (χ4v) is 2.16. The van der Waals surface area contributed by atoms with Crippen molar-refractivity contribution < 1.29 is 13.9 Å². The Balaban J connectivity index is 2.07. The van der Waals surface area contributed by atoms with Crippen molar-refractivity contribution in [2.75, 3.05) is 13.7 Å². The van der Waals surface area contributed by atoms with E-state index >= 15 is 0 Å². The lowest BCUT2D eigenvalue weighted by Gasteiger charge is -2.14. The van der Waals surface area contributed by atoms with E-state index in [9.17, 15) is 4.79 Å². The molecular formula is C14H20N4O3. The van der Waals surface area contributed by atoms with Gasteiger partial charge < -0.3 is 19.0 Å². The molecule has 21 heavy (non-hydrogen) atoms. The minimum absolute atomic E-state index is 0.182. The standard InChI is InChI=1S/C14H20N4O3/c1-9-7-12(11(3)21-9)14(19)16-10(2)13-17-15-8-18(13)5-6-20-4/h7-8,10H,5-6H2,1-4H3,(H,16,19). The first-order valence-electron chi connectivity index (χ1n) is 6.77. The molecule has 2 rings (SSSR count). The fraction of sp³-hybridized carbons (Fsp3) is 0.500. The van der Waals surface area contributed by atoms with E-state index < -0.39 is 0 Å². The first kappa shape index (κ1) is 15.2. The number of hydrogen-bond acceptors (Lipinski definition) is 5. The van der Waals surface area contributed by atoms with Gasteiger partial charge in [-0.1, -0.05) is 0 Å². The van der Waals surface area contributed by atoms with E-state index in [0.717, 1.165) is 0 Å². The molecule has 1 amide bonds. The summed E-state index contributed by atoms with van der Waals surface area (Å²) in [4.78, 5) is 12.3. The first-order chi connectivity index (χ1) is 10.0. The number of furan rings is 1. The fourth-order valence-electron chi connectivity index (χ4n) is 2.16. The molecule has 0 aliphatic rings. The van der Waals surface area contributed by atoms with E-state index in [1.165, 1.54) is 0 Å². The van der Waals surface area contributed by atoms with E-state index in [0.29, 0.717) is 36.1 Å². The average Bonchev–Trinajstić information content (AvgIpc) is 3.02. The summed E-state index contributed by atoms with van der Waals surface area (Å²) in [6, 6.07) is 1.47. The molecule has 2 aromatic heterocycles. The van der Waals surface area contributed by atoms with Gasteiger partial charge in [0.25, 0.3) is 5.91 Å². The third-order valence-corrected chi connectivity index (χ3v) is 3.20. The highest BCUT2D eigenvalue weighted by Crippen LogP contribution is 2.16. The van der Waals surface area contributed by atoms with Crippen molar-refractivity contribution in [3.05, 3.63) is 35.3 Å². The van der Waals surface area contributed by atoms with E-state index in [1.807, 2.05) is 18.4 Å². The normalized spacial score (nSPS) is 12.4. The number of amides is 1. The van der Waals surface area contributed by atoms with Crippen LogP contribution in [-0.2, 0) is 11.3 Å². The molecule has 0 aliphatic heterocycles. The number of aromatic nitrogens is 3. The van der Waals surface area contributed by atoms with Crippen LogP contribution in [-0.4, -0.2) is 34.4 Å². The van der Waals surface area contributed by atoms with Crippen LogP contribution in [0, 0.1) is 13.8 Å². The number of hydrogen-bond donors (Lipinski definition) is 1. The number of nitrogens with one attached hydrogen (secondary N) is 1. The average molecular weight is 292 g/mol. The van der Waals surface area contributed by atoms with Gasteiger partial charge in [0.15, 0.2) is 5.82 Å². The van der Waals surface area contributed by atoms with Gasteiger partial charge >= 0.3 is 0 Å².